The number of aromatic nitrogens is 2. The highest BCUT2D eigenvalue weighted by Gasteiger charge is 2.43. The van der Waals surface area contributed by atoms with Crippen LogP contribution < -0.4 is 20.3 Å². The van der Waals surface area contributed by atoms with Crippen LogP contribution in [0.1, 0.15) is 40.3 Å². The van der Waals surface area contributed by atoms with Crippen LogP contribution in [0, 0.1) is 20.8 Å². The second-order valence-corrected chi connectivity index (χ2v) is 10.7. The monoisotopic (exact) mass is 589 g/mol. The predicted molar refractivity (Wildman–Crippen MR) is 166 cm³/mol. The van der Waals surface area contributed by atoms with Crippen LogP contribution >= 0.6 is 23.8 Å². The highest BCUT2D eigenvalue weighted by molar-refractivity contribution is 7.80. The summed E-state index contributed by atoms with van der Waals surface area (Å²) in [5, 5.41) is 7.65. The van der Waals surface area contributed by atoms with Gasteiger partial charge in [0, 0.05) is 46.7 Å². The van der Waals surface area contributed by atoms with Crippen molar-refractivity contribution in [2.45, 2.75) is 32.9 Å². The molecule has 41 heavy (non-hydrogen) atoms. The molecule has 1 fully saturated rings. The number of benzene rings is 2. The fourth-order valence-electron chi connectivity index (χ4n) is 5.63. The number of amides is 1. The zero-order valence-corrected chi connectivity index (χ0v) is 25.1. The summed E-state index contributed by atoms with van der Waals surface area (Å²) >= 11 is 12.4. The maximum Gasteiger partial charge on any atom is 0.250 e. The molecule has 2 aromatic heterocycles. The number of rotatable bonds is 8. The molecule has 1 saturated heterocycles. The summed E-state index contributed by atoms with van der Waals surface area (Å²) in [6.07, 6.45) is 1.79. The number of anilines is 2. The van der Waals surface area contributed by atoms with Gasteiger partial charge < -0.3 is 29.6 Å². The van der Waals surface area contributed by atoms with E-state index in [0.717, 1.165) is 39.6 Å². The van der Waals surface area contributed by atoms with Gasteiger partial charge in [0.05, 0.1) is 30.6 Å². The first-order chi connectivity index (χ1) is 19.7. The van der Waals surface area contributed by atoms with Gasteiger partial charge in [-0.2, -0.15) is 0 Å². The van der Waals surface area contributed by atoms with Crippen LogP contribution in [0.2, 0.25) is 5.02 Å². The summed E-state index contributed by atoms with van der Waals surface area (Å²) in [5.41, 5.74) is 7.65. The second kappa shape index (κ2) is 11.9. The molecule has 0 aliphatic carbocycles. The van der Waals surface area contributed by atoms with Gasteiger partial charge >= 0.3 is 0 Å². The van der Waals surface area contributed by atoms with Crippen molar-refractivity contribution < 1.29 is 14.3 Å². The number of carbonyl (C=O) groups is 1. The lowest BCUT2D eigenvalue weighted by molar-refractivity contribution is -0.119. The first-order valence-electron chi connectivity index (χ1n) is 13.2. The van der Waals surface area contributed by atoms with Gasteiger partial charge in [0.1, 0.15) is 12.4 Å². The Balaban J connectivity index is 1.69. The first kappa shape index (κ1) is 28.6. The molecule has 0 spiro atoms. The molecule has 2 N–H and O–H groups in total. The molecule has 1 amide bonds. The van der Waals surface area contributed by atoms with Crippen LogP contribution in [-0.2, 0) is 9.53 Å². The Kier molecular flexibility index (Phi) is 8.30. The van der Waals surface area contributed by atoms with E-state index in [-0.39, 0.29) is 24.6 Å². The number of methoxy groups -OCH3 is 2. The quantitative estimate of drug-likeness (QED) is 0.236. The SMILES string of the molecule is COCC(=O)Nc1cc(N2C(=S)N[C@H](c3ccccn3)[C@H]2c2c(C)c(C)n(-c3cccc(Cl)c3)c2C)ccc1OC. The molecule has 1 aliphatic heterocycles. The van der Waals surface area contributed by atoms with Crippen molar-refractivity contribution in [2.24, 2.45) is 0 Å². The lowest BCUT2D eigenvalue weighted by atomic mass is 9.93. The van der Waals surface area contributed by atoms with E-state index in [4.69, 9.17) is 38.3 Å². The number of pyridine rings is 1. The van der Waals surface area contributed by atoms with E-state index in [0.29, 0.717) is 21.6 Å². The molecule has 0 saturated carbocycles. The van der Waals surface area contributed by atoms with Gasteiger partial charge in [0.25, 0.3) is 0 Å². The van der Waals surface area contributed by atoms with Gasteiger partial charge in [-0.25, -0.2) is 0 Å². The fourth-order valence-corrected chi connectivity index (χ4v) is 6.16. The standard InChI is InChI=1S/C31H32ClN5O3S/c1-18-19(2)36(22-10-8-9-21(32)15-22)20(3)28(18)30-29(24-11-6-7-14-33-24)35-31(41)37(30)23-12-13-26(40-5)25(16-23)34-27(38)17-39-4/h6-16,29-30H,17H2,1-5H3,(H,34,38)(H,35,41)/t29-,30-/m1/s1. The molecule has 0 unspecified atom stereocenters. The number of nitrogens with zero attached hydrogens (tertiary/aromatic N) is 3. The van der Waals surface area contributed by atoms with Crippen molar-refractivity contribution in [3.8, 4) is 11.4 Å². The Hall–Kier alpha value is -3.92. The van der Waals surface area contributed by atoms with E-state index in [2.05, 4.69) is 46.9 Å². The molecule has 212 valence electrons. The molecule has 2 atom stereocenters. The van der Waals surface area contributed by atoms with E-state index in [1.165, 1.54) is 7.11 Å². The third-order valence-corrected chi connectivity index (χ3v) is 8.03. The van der Waals surface area contributed by atoms with Gasteiger partial charge in [-0.3, -0.25) is 9.78 Å². The van der Waals surface area contributed by atoms with E-state index in [1.807, 2.05) is 54.6 Å². The van der Waals surface area contributed by atoms with Crippen molar-refractivity contribution in [1.82, 2.24) is 14.9 Å². The van der Waals surface area contributed by atoms with E-state index in [9.17, 15) is 4.79 Å². The average Bonchev–Trinajstić information content (AvgIpc) is 3.40. The molecule has 10 heteroatoms. The minimum Gasteiger partial charge on any atom is -0.495 e. The number of hydrogen-bond acceptors (Lipinski definition) is 5. The maximum atomic E-state index is 12.4. The van der Waals surface area contributed by atoms with Crippen molar-refractivity contribution in [3.05, 3.63) is 100 Å². The summed E-state index contributed by atoms with van der Waals surface area (Å²) in [6.45, 7) is 6.30. The first-order valence-corrected chi connectivity index (χ1v) is 14.0. The Morgan fingerprint density at radius 3 is 2.54 bits per heavy atom. The zero-order valence-electron chi connectivity index (χ0n) is 23.6. The van der Waals surface area contributed by atoms with Gasteiger partial charge in [0.2, 0.25) is 5.91 Å². The molecule has 4 aromatic rings. The summed E-state index contributed by atoms with van der Waals surface area (Å²) in [6, 6.07) is 18.9. The lowest BCUT2D eigenvalue weighted by Gasteiger charge is -2.29. The Bertz CT molecular complexity index is 1610. The molecular formula is C31H32ClN5O3S. The molecule has 2 aromatic carbocycles. The van der Waals surface area contributed by atoms with Crippen LogP contribution in [0.3, 0.4) is 0 Å². The normalized spacial score (nSPS) is 16.5. The molecule has 3 heterocycles. The summed E-state index contributed by atoms with van der Waals surface area (Å²) < 4.78 is 12.8. The van der Waals surface area contributed by atoms with Crippen LogP contribution in [-0.4, -0.2) is 41.4 Å². The van der Waals surface area contributed by atoms with Gasteiger partial charge in [-0.1, -0.05) is 23.7 Å². The minimum atomic E-state index is -0.283. The molecular weight excluding hydrogens is 558 g/mol. The fraction of sp³-hybridized carbons (Fsp3) is 0.258. The molecule has 8 nitrogen and oxygen atoms in total. The number of thiocarbonyl (C=S) groups is 1. The average molecular weight is 590 g/mol. The van der Waals surface area contributed by atoms with Crippen molar-refractivity contribution in [2.75, 3.05) is 31.0 Å². The summed E-state index contributed by atoms with van der Waals surface area (Å²) in [4.78, 5) is 19.2. The summed E-state index contributed by atoms with van der Waals surface area (Å²) in [5.74, 6) is 0.248. The third kappa shape index (κ3) is 5.40. The van der Waals surface area contributed by atoms with Crippen molar-refractivity contribution in [3.63, 3.8) is 0 Å². The Morgan fingerprint density at radius 1 is 1.05 bits per heavy atom. The Labute approximate surface area is 250 Å². The van der Waals surface area contributed by atoms with Gasteiger partial charge in [-0.15, -0.1) is 0 Å². The molecule has 5 rings (SSSR count). The third-order valence-electron chi connectivity index (χ3n) is 7.48. The van der Waals surface area contributed by atoms with E-state index < -0.39 is 0 Å². The number of hydrogen-bond donors (Lipinski definition) is 2. The number of halogens is 1. The maximum absolute atomic E-state index is 12.4. The number of carbonyl (C=O) groups excluding carboxylic acids is 1. The molecule has 0 radical (unpaired) electrons. The van der Waals surface area contributed by atoms with Crippen LogP contribution in [0.25, 0.3) is 5.69 Å². The van der Waals surface area contributed by atoms with Crippen LogP contribution in [0.5, 0.6) is 5.75 Å². The smallest absolute Gasteiger partial charge is 0.250 e. The number of ether oxygens (including phenoxy) is 2. The second-order valence-electron chi connectivity index (χ2n) is 9.89. The predicted octanol–water partition coefficient (Wildman–Crippen LogP) is 6.22. The van der Waals surface area contributed by atoms with E-state index in [1.54, 1.807) is 13.3 Å². The van der Waals surface area contributed by atoms with E-state index >= 15 is 0 Å². The largest absolute Gasteiger partial charge is 0.495 e. The van der Waals surface area contributed by atoms with Gasteiger partial charge in [-0.05, 0) is 87.1 Å². The minimum absolute atomic E-state index is 0.0733. The van der Waals surface area contributed by atoms with Crippen LogP contribution in [0.4, 0.5) is 11.4 Å². The zero-order chi connectivity index (χ0) is 29.3. The highest BCUT2D eigenvalue weighted by Crippen LogP contribution is 2.46. The summed E-state index contributed by atoms with van der Waals surface area (Å²) in [7, 11) is 3.04. The number of nitrogens with one attached hydrogen (secondary N) is 2. The molecule has 0 bridgehead atoms. The lowest BCUT2D eigenvalue weighted by Crippen LogP contribution is -2.30. The van der Waals surface area contributed by atoms with Crippen molar-refractivity contribution in [1.29, 1.82) is 0 Å². The highest BCUT2D eigenvalue weighted by atomic mass is 35.5. The molecule has 1 aliphatic rings. The van der Waals surface area contributed by atoms with Crippen molar-refractivity contribution >= 4 is 46.2 Å². The Morgan fingerprint density at radius 2 is 1.85 bits per heavy atom. The van der Waals surface area contributed by atoms with Gasteiger partial charge in [0.15, 0.2) is 5.11 Å². The van der Waals surface area contributed by atoms with Crippen LogP contribution in [0.15, 0.2) is 66.9 Å². The topological polar surface area (TPSA) is 80.7 Å².